The van der Waals surface area contributed by atoms with Crippen molar-refractivity contribution in [2.75, 3.05) is 38.5 Å². The molecule has 2 aliphatic rings. The predicted molar refractivity (Wildman–Crippen MR) is 106 cm³/mol. The molecule has 3 rings (SSSR count). The summed E-state index contributed by atoms with van der Waals surface area (Å²) >= 11 is 0. The molecule has 1 saturated carbocycles. The van der Waals surface area contributed by atoms with Gasteiger partial charge in [0, 0.05) is 45.3 Å². The second-order valence-electron chi connectivity index (χ2n) is 7.96. The zero-order valence-corrected chi connectivity index (χ0v) is 16.6. The maximum absolute atomic E-state index is 12.4. The van der Waals surface area contributed by atoms with Crippen molar-refractivity contribution < 1.29 is 9.59 Å². The highest BCUT2D eigenvalue weighted by Gasteiger charge is 2.25. The van der Waals surface area contributed by atoms with Gasteiger partial charge in [-0.2, -0.15) is 0 Å². The van der Waals surface area contributed by atoms with Crippen LogP contribution in [0.4, 0.5) is 10.6 Å². The first kappa shape index (κ1) is 19.5. The maximum Gasteiger partial charge on any atom is 0.317 e. The molecule has 0 bridgehead atoms. The summed E-state index contributed by atoms with van der Waals surface area (Å²) in [5.74, 6) is 1.66. The number of pyridine rings is 1. The number of amides is 3. The Balaban J connectivity index is 1.74. The van der Waals surface area contributed by atoms with E-state index in [9.17, 15) is 9.59 Å². The fourth-order valence-electron chi connectivity index (χ4n) is 3.25. The van der Waals surface area contributed by atoms with Gasteiger partial charge in [-0.1, -0.05) is 13.8 Å². The number of rotatable bonds is 6. The quantitative estimate of drug-likeness (QED) is 0.712. The lowest BCUT2D eigenvalue weighted by atomic mass is 10.1. The summed E-state index contributed by atoms with van der Waals surface area (Å²) in [5, 5.41) is 9.06. The zero-order valence-electron chi connectivity index (χ0n) is 16.6. The third-order valence-electron chi connectivity index (χ3n) is 5.14. The monoisotopic (exact) mass is 373 g/mol. The van der Waals surface area contributed by atoms with E-state index in [1.54, 1.807) is 7.05 Å². The molecule has 0 radical (unpaired) electrons. The molecule has 27 heavy (non-hydrogen) atoms. The molecule has 1 aromatic heterocycles. The molecule has 0 spiro atoms. The van der Waals surface area contributed by atoms with E-state index in [-0.39, 0.29) is 11.9 Å². The molecular weight excluding hydrogens is 342 g/mol. The van der Waals surface area contributed by atoms with Gasteiger partial charge in [0.05, 0.1) is 5.56 Å². The van der Waals surface area contributed by atoms with E-state index in [0.717, 1.165) is 17.8 Å². The number of anilines is 1. The number of aromatic nitrogens is 1. The molecule has 3 N–H and O–H groups in total. The minimum Gasteiger partial charge on any atom is -0.369 e. The second-order valence-corrected chi connectivity index (χ2v) is 7.96. The number of hydrogen-bond donors (Lipinski definition) is 3. The maximum atomic E-state index is 12.4. The molecule has 7 heteroatoms. The highest BCUT2D eigenvalue weighted by atomic mass is 16.2. The Hall–Kier alpha value is -2.31. The molecule has 0 aromatic carbocycles. The Labute approximate surface area is 161 Å². The summed E-state index contributed by atoms with van der Waals surface area (Å²) in [6, 6.07) is 1.93. The van der Waals surface area contributed by atoms with Gasteiger partial charge in [-0.3, -0.25) is 4.79 Å². The van der Waals surface area contributed by atoms with Gasteiger partial charge in [-0.25, -0.2) is 9.78 Å². The Morgan fingerprint density at radius 2 is 2.00 bits per heavy atom. The first-order chi connectivity index (χ1) is 13.0. The molecule has 0 atom stereocenters. The predicted octanol–water partition coefficient (Wildman–Crippen LogP) is 2.03. The summed E-state index contributed by atoms with van der Waals surface area (Å²) < 4.78 is 0. The van der Waals surface area contributed by atoms with E-state index in [0.29, 0.717) is 55.7 Å². The number of carbonyl (C=O) groups is 2. The molecular formula is C20H31N5O2. The van der Waals surface area contributed by atoms with Gasteiger partial charge in [-0.15, -0.1) is 0 Å². The van der Waals surface area contributed by atoms with Gasteiger partial charge >= 0.3 is 6.03 Å². The lowest BCUT2D eigenvalue weighted by Gasteiger charge is -2.21. The first-order valence-corrected chi connectivity index (χ1v) is 9.99. The first-order valence-electron chi connectivity index (χ1n) is 9.99. The minimum atomic E-state index is -0.126. The molecule has 1 aromatic rings. The van der Waals surface area contributed by atoms with Gasteiger partial charge in [-0.05, 0) is 42.7 Å². The summed E-state index contributed by atoms with van der Waals surface area (Å²) in [5.41, 5.74) is 2.64. The standard InChI is InChI=1S/C20H31N5O2/c1-13(2)11-23-20(27)25-8-6-15-10-16(19(26)21-3)18(22-12-14-4-5-14)24-17(15)7-9-25/h10,13-14H,4-9,11-12H2,1-3H3,(H,21,26)(H,22,24)(H,23,27). The Kier molecular flexibility index (Phi) is 6.19. The normalized spacial score (nSPS) is 16.5. The van der Waals surface area contributed by atoms with Gasteiger partial charge in [0.2, 0.25) is 0 Å². The lowest BCUT2D eigenvalue weighted by Crippen LogP contribution is -2.42. The topological polar surface area (TPSA) is 86.4 Å². The zero-order chi connectivity index (χ0) is 19.4. The van der Waals surface area contributed by atoms with Crippen molar-refractivity contribution in [1.82, 2.24) is 20.5 Å². The lowest BCUT2D eigenvalue weighted by molar-refractivity contribution is 0.0963. The van der Waals surface area contributed by atoms with Crippen molar-refractivity contribution in [2.45, 2.75) is 39.5 Å². The van der Waals surface area contributed by atoms with Crippen molar-refractivity contribution in [3.05, 3.63) is 22.9 Å². The fraction of sp³-hybridized carbons (Fsp3) is 0.650. The highest BCUT2D eigenvalue weighted by Crippen LogP contribution is 2.30. The number of hydrogen-bond acceptors (Lipinski definition) is 4. The average Bonchev–Trinajstić information content (AvgIpc) is 3.49. The van der Waals surface area contributed by atoms with Gasteiger partial charge < -0.3 is 20.9 Å². The molecule has 0 unspecified atom stereocenters. The molecule has 1 aliphatic heterocycles. The van der Waals surface area contributed by atoms with E-state index < -0.39 is 0 Å². The molecule has 1 aliphatic carbocycles. The highest BCUT2D eigenvalue weighted by molar-refractivity contribution is 5.98. The molecule has 2 heterocycles. The molecule has 0 saturated heterocycles. The third kappa shape index (κ3) is 5.11. The van der Waals surface area contributed by atoms with Crippen LogP contribution in [0.3, 0.4) is 0 Å². The van der Waals surface area contributed by atoms with Gasteiger partial charge in [0.25, 0.3) is 5.91 Å². The van der Waals surface area contributed by atoms with E-state index in [1.807, 2.05) is 11.0 Å². The molecule has 3 amide bonds. The Morgan fingerprint density at radius 1 is 1.26 bits per heavy atom. The van der Waals surface area contributed by atoms with Crippen molar-refractivity contribution in [3.63, 3.8) is 0 Å². The SMILES string of the molecule is CNC(=O)c1cc2c(nc1NCC1CC1)CCN(C(=O)NCC(C)C)CC2. The van der Waals surface area contributed by atoms with Crippen LogP contribution in [0.25, 0.3) is 0 Å². The molecule has 1 fully saturated rings. The van der Waals surface area contributed by atoms with Crippen LogP contribution in [0.5, 0.6) is 0 Å². The van der Waals surface area contributed by atoms with Crippen LogP contribution in [-0.2, 0) is 12.8 Å². The fourth-order valence-corrected chi connectivity index (χ4v) is 3.25. The van der Waals surface area contributed by atoms with Crippen LogP contribution in [0, 0.1) is 11.8 Å². The van der Waals surface area contributed by atoms with Crippen molar-refractivity contribution >= 4 is 17.8 Å². The molecule has 7 nitrogen and oxygen atoms in total. The minimum absolute atomic E-state index is 0.0184. The van der Waals surface area contributed by atoms with E-state index in [2.05, 4.69) is 29.8 Å². The third-order valence-corrected chi connectivity index (χ3v) is 5.14. The number of nitrogens with one attached hydrogen (secondary N) is 3. The van der Waals surface area contributed by atoms with E-state index >= 15 is 0 Å². The number of urea groups is 1. The van der Waals surface area contributed by atoms with Crippen LogP contribution in [0.2, 0.25) is 0 Å². The van der Waals surface area contributed by atoms with E-state index in [4.69, 9.17) is 4.98 Å². The second kappa shape index (κ2) is 8.59. The van der Waals surface area contributed by atoms with Crippen molar-refractivity contribution in [3.8, 4) is 0 Å². The van der Waals surface area contributed by atoms with Crippen molar-refractivity contribution in [1.29, 1.82) is 0 Å². The Bertz CT molecular complexity index is 700. The summed E-state index contributed by atoms with van der Waals surface area (Å²) in [6.45, 7) is 6.99. The van der Waals surface area contributed by atoms with Crippen LogP contribution in [-0.4, -0.2) is 55.0 Å². The summed E-state index contributed by atoms with van der Waals surface area (Å²) in [6.07, 6.45) is 3.91. The van der Waals surface area contributed by atoms with Crippen molar-refractivity contribution in [2.24, 2.45) is 11.8 Å². The Morgan fingerprint density at radius 3 is 2.67 bits per heavy atom. The van der Waals surface area contributed by atoms with Crippen LogP contribution in [0.1, 0.15) is 48.3 Å². The number of nitrogens with zero attached hydrogens (tertiary/aromatic N) is 2. The largest absolute Gasteiger partial charge is 0.369 e. The van der Waals surface area contributed by atoms with Crippen LogP contribution < -0.4 is 16.0 Å². The van der Waals surface area contributed by atoms with E-state index in [1.165, 1.54) is 12.8 Å². The molecule has 148 valence electrons. The van der Waals surface area contributed by atoms with Crippen LogP contribution in [0.15, 0.2) is 6.07 Å². The average molecular weight is 374 g/mol. The van der Waals surface area contributed by atoms with Gasteiger partial charge in [0.1, 0.15) is 5.82 Å². The smallest absolute Gasteiger partial charge is 0.317 e. The number of carbonyl (C=O) groups excluding carboxylic acids is 2. The van der Waals surface area contributed by atoms with Gasteiger partial charge in [0.15, 0.2) is 0 Å². The summed E-state index contributed by atoms with van der Waals surface area (Å²) in [4.78, 5) is 31.3. The van der Waals surface area contributed by atoms with Crippen LogP contribution >= 0.6 is 0 Å². The summed E-state index contributed by atoms with van der Waals surface area (Å²) in [7, 11) is 1.64. The number of fused-ring (bicyclic) bond motifs is 1.